The molecule has 4 nitrogen and oxygen atoms in total. The molecule has 0 spiro atoms. The molecular weight excluding hydrogens is 332 g/mol. The zero-order valence-corrected chi connectivity index (χ0v) is 12.7. The van der Waals surface area contributed by atoms with Crippen LogP contribution in [0.4, 0.5) is 5.69 Å². The van der Waals surface area contributed by atoms with E-state index in [9.17, 15) is 4.79 Å². The molecule has 3 aromatic rings. The molecule has 0 radical (unpaired) electrons. The summed E-state index contributed by atoms with van der Waals surface area (Å²) >= 11 is 3.40. The van der Waals surface area contributed by atoms with Crippen LogP contribution in [0, 0.1) is 0 Å². The number of ether oxygens (including phenoxy) is 1. The highest BCUT2D eigenvalue weighted by molar-refractivity contribution is 9.10. The lowest BCUT2D eigenvalue weighted by Gasteiger charge is -2.05. The van der Waals surface area contributed by atoms with Crippen LogP contribution < -0.4 is 5.73 Å². The third kappa shape index (κ3) is 2.92. The van der Waals surface area contributed by atoms with Gasteiger partial charge in [-0.05, 0) is 29.8 Å². The fraction of sp³-hybridized carbons (Fsp3) is 0.0625. The summed E-state index contributed by atoms with van der Waals surface area (Å²) in [5.74, 6) is -0.356. The molecule has 0 aliphatic rings. The fourth-order valence-electron chi connectivity index (χ4n) is 2.18. The molecule has 3 rings (SSSR count). The van der Waals surface area contributed by atoms with Crippen molar-refractivity contribution in [1.29, 1.82) is 0 Å². The predicted molar refractivity (Wildman–Crippen MR) is 86.0 cm³/mol. The van der Waals surface area contributed by atoms with Gasteiger partial charge in [0.25, 0.3) is 0 Å². The van der Waals surface area contributed by atoms with Crippen LogP contribution in [0.2, 0.25) is 0 Å². The molecule has 2 aromatic carbocycles. The molecule has 0 fully saturated rings. The molecule has 5 heteroatoms. The van der Waals surface area contributed by atoms with Crippen molar-refractivity contribution in [3.8, 4) is 0 Å². The number of carbonyl (C=O) groups is 1. The number of hydrogen-bond donors (Lipinski definition) is 2. The predicted octanol–water partition coefficient (Wildman–Crippen LogP) is 3.87. The number of anilines is 1. The first-order chi connectivity index (χ1) is 10.1. The van der Waals surface area contributed by atoms with E-state index in [0.29, 0.717) is 11.3 Å². The van der Waals surface area contributed by atoms with Gasteiger partial charge in [0.1, 0.15) is 6.61 Å². The number of fused-ring (bicyclic) bond motifs is 1. The van der Waals surface area contributed by atoms with E-state index in [-0.39, 0.29) is 12.6 Å². The highest BCUT2D eigenvalue weighted by Gasteiger charge is 2.13. The van der Waals surface area contributed by atoms with Gasteiger partial charge in [0.05, 0.1) is 5.56 Å². The summed E-state index contributed by atoms with van der Waals surface area (Å²) < 4.78 is 6.29. The number of aromatic nitrogens is 1. The molecule has 3 N–H and O–H groups in total. The van der Waals surface area contributed by atoms with E-state index in [2.05, 4.69) is 20.9 Å². The summed E-state index contributed by atoms with van der Waals surface area (Å²) in [5, 5.41) is 0.843. The number of halogens is 1. The third-order valence-electron chi connectivity index (χ3n) is 3.18. The van der Waals surface area contributed by atoms with Gasteiger partial charge in [-0.2, -0.15) is 0 Å². The van der Waals surface area contributed by atoms with Crippen molar-refractivity contribution >= 4 is 38.5 Å². The minimum Gasteiger partial charge on any atom is -0.457 e. The number of carbonyl (C=O) groups excluding carboxylic acids is 1. The fourth-order valence-corrected chi connectivity index (χ4v) is 2.54. The second-order valence-electron chi connectivity index (χ2n) is 4.71. The maximum atomic E-state index is 12.2. The lowest BCUT2D eigenvalue weighted by atomic mass is 10.2. The number of esters is 1. The third-order valence-corrected chi connectivity index (χ3v) is 3.68. The van der Waals surface area contributed by atoms with E-state index >= 15 is 0 Å². The normalized spacial score (nSPS) is 10.7. The minimum absolute atomic E-state index is 0.201. The van der Waals surface area contributed by atoms with E-state index in [4.69, 9.17) is 10.5 Å². The smallest absolute Gasteiger partial charge is 0.340 e. The summed E-state index contributed by atoms with van der Waals surface area (Å²) in [7, 11) is 0. The number of hydrogen-bond acceptors (Lipinski definition) is 3. The van der Waals surface area contributed by atoms with E-state index in [1.165, 1.54) is 0 Å². The Labute approximate surface area is 130 Å². The number of rotatable bonds is 3. The van der Waals surface area contributed by atoms with Gasteiger partial charge >= 0.3 is 5.97 Å². The Morgan fingerprint density at radius 1 is 1.24 bits per heavy atom. The molecule has 1 aromatic heterocycles. The van der Waals surface area contributed by atoms with Crippen LogP contribution >= 0.6 is 15.9 Å². The second-order valence-corrected chi connectivity index (χ2v) is 5.63. The average molecular weight is 345 g/mol. The molecule has 0 aliphatic heterocycles. The van der Waals surface area contributed by atoms with Gasteiger partial charge in [-0.1, -0.05) is 34.1 Å². The first-order valence-electron chi connectivity index (χ1n) is 6.41. The molecule has 1 heterocycles. The Hall–Kier alpha value is -2.27. The van der Waals surface area contributed by atoms with Gasteiger partial charge in [0.2, 0.25) is 0 Å². The lowest BCUT2D eigenvalue weighted by Crippen LogP contribution is -2.04. The maximum Gasteiger partial charge on any atom is 0.340 e. The first kappa shape index (κ1) is 13.7. The number of nitrogens with two attached hydrogens (primary N) is 1. The largest absolute Gasteiger partial charge is 0.457 e. The molecule has 0 amide bonds. The zero-order valence-electron chi connectivity index (χ0n) is 11.1. The van der Waals surface area contributed by atoms with Gasteiger partial charge < -0.3 is 15.5 Å². The quantitative estimate of drug-likeness (QED) is 0.559. The molecule has 0 saturated heterocycles. The number of benzene rings is 2. The minimum atomic E-state index is -0.356. The Morgan fingerprint density at radius 3 is 2.90 bits per heavy atom. The van der Waals surface area contributed by atoms with Crippen molar-refractivity contribution in [3.05, 3.63) is 64.3 Å². The van der Waals surface area contributed by atoms with E-state index < -0.39 is 0 Å². The molecule has 106 valence electrons. The van der Waals surface area contributed by atoms with Crippen molar-refractivity contribution in [1.82, 2.24) is 4.98 Å². The van der Waals surface area contributed by atoms with Crippen molar-refractivity contribution in [2.24, 2.45) is 0 Å². The van der Waals surface area contributed by atoms with Crippen LogP contribution in [0.25, 0.3) is 10.9 Å². The van der Waals surface area contributed by atoms with Crippen LogP contribution in [0.3, 0.4) is 0 Å². The molecule has 0 bridgehead atoms. The molecule has 0 aliphatic carbocycles. The summed E-state index contributed by atoms with van der Waals surface area (Å²) in [4.78, 5) is 15.2. The average Bonchev–Trinajstić information content (AvgIpc) is 2.88. The molecule has 21 heavy (non-hydrogen) atoms. The number of aromatic amines is 1. The van der Waals surface area contributed by atoms with Crippen LogP contribution in [0.5, 0.6) is 0 Å². The topological polar surface area (TPSA) is 68.1 Å². The monoisotopic (exact) mass is 344 g/mol. The Morgan fingerprint density at radius 2 is 2.10 bits per heavy atom. The zero-order chi connectivity index (χ0) is 14.8. The summed E-state index contributed by atoms with van der Waals surface area (Å²) in [5.41, 5.74) is 8.64. The molecule has 0 unspecified atom stereocenters. The summed E-state index contributed by atoms with van der Waals surface area (Å²) in [6, 6.07) is 13.0. The van der Waals surface area contributed by atoms with Crippen LogP contribution in [0.15, 0.2) is 53.1 Å². The maximum absolute atomic E-state index is 12.2. The van der Waals surface area contributed by atoms with Gasteiger partial charge in [-0.25, -0.2) is 4.79 Å². The highest BCUT2D eigenvalue weighted by atomic mass is 79.9. The van der Waals surface area contributed by atoms with Crippen LogP contribution in [-0.4, -0.2) is 11.0 Å². The Balaban J connectivity index is 1.78. The molecule has 0 atom stereocenters. The van der Waals surface area contributed by atoms with Gasteiger partial charge in [0, 0.05) is 27.3 Å². The lowest BCUT2D eigenvalue weighted by molar-refractivity contribution is 0.0475. The highest BCUT2D eigenvalue weighted by Crippen LogP contribution is 2.23. The van der Waals surface area contributed by atoms with Crippen LogP contribution in [-0.2, 0) is 11.3 Å². The number of H-pyrrole nitrogens is 1. The van der Waals surface area contributed by atoms with E-state index in [1.807, 2.05) is 30.3 Å². The summed E-state index contributed by atoms with van der Waals surface area (Å²) in [6.45, 7) is 0.201. The Bertz CT molecular complexity index is 811. The standard InChI is InChI=1S/C16H13BrN2O2/c17-11-4-5-13-14(8-19-15(13)7-11)16(20)21-9-10-2-1-3-12(18)6-10/h1-8,19H,9,18H2. The molecular formula is C16H13BrN2O2. The van der Waals surface area contributed by atoms with Crippen LogP contribution in [0.1, 0.15) is 15.9 Å². The number of nitrogens with one attached hydrogen (secondary N) is 1. The molecule has 0 saturated carbocycles. The van der Waals surface area contributed by atoms with Crippen molar-refractivity contribution in [2.45, 2.75) is 6.61 Å². The first-order valence-corrected chi connectivity index (χ1v) is 7.21. The Kier molecular flexibility index (Phi) is 3.66. The van der Waals surface area contributed by atoms with Crippen molar-refractivity contribution in [3.63, 3.8) is 0 Å². The van der Waals surface area contributed by atoms with E-state index in [1.54, 1.807) is 18.3 Å². The van der Waals surface area contributed by atoms with E-state index in [0.717, 1.165) is 20.9 Å². The number of nitrogen functional groups attached to an aromatic ring is 1. The summed E-state index contributed by atoms with van der Waals surface area (Å²) in [6.07, 6.45) is 1.67. The SMILES string of the molecule is Nc1cccc(COC(=O)c2c[nH]c3cc(Br)ccc23)c1. The van der Waals surface area contributed by atoms with Gasteiger partial charge in [0.15, 0.2) is 0 Å². The van der Waals surface area contributed by atoms with Gasteiger partial charge in [-0.3, -0.25) is 0 Å². The van der Waals surface area contributed by atoms with Crippen molar-refractivity contribution in [2.75, 3.05) is 5.73 Å². The second kappa shape index (κ2) is 5.61. The van der Waals surface area contributed by atoms with Crippen molar-refractivity contribution < 1.29 is 9.53 Å². The van der Waals surface area contributed by atoms with Gasteiger partial charge in [-0.15, -0.1) is 0 Å².